The summed E-state index contributed by atoms with van der Waals surface area (Å²) in [6, 6.07) is 15.7. The Morgan fingerprint density at radius 3 is 2.70 bits per heavy atom. The average Bonchev–Trinajstić information content (AvgIpc) is 2.46. The molecule has 0 aromatic heterocycles. The van der Waals surface area contributed by atoms with Gasteiger partial charge in [-0.2, -0.15) is 0 Å². The van der Waals surface area contributed by atoms with Crippen molar-refractivity contribution in [1.82, 2.24) is 0 Å². The van der Waals surface area contributed by atoms with Crippen LogP contribution in [0.2, 0.25) is 0 Å². The molecule has 0 spiro atoms. The van der Waals surface area contributed by atoms with E-state index in [2.05, 4.69) is 11.4 Å². The van der Waals surface area contributed by atoms with Crippen LogP contribution in [0.25, 0.3) is 0 Å². The van der Waals surface area contributed by atoms with Crippen molar-refractivity contribution < 1.29 is 8.95 Å². The predicted molar refractivity (Wildman–Crippen MR) is 83.7 cm³/mol. The zero-order chi connectivity index (χ0) is 14.4. The molecule has 4 heteroatoms. The Morgan fingerprint density at radius 2 is 1.95 bits per heavy atom. The summed E-state index contributed by atoms with van der Waals surface area (Å²) < 4.78 is 16.9. The lowest BCUT2D eigenvalue weighted by molar-refractivity contribution is 0.340. The van der Waals surface area contributed by atoms with Gasteiger partial charge in [-0.1, -0.05) is 18.2 Å². The molecule has 2 rings (SSSR count). The van der Waals surface area contributed by atoms with Crippen LogP contribution in [0.5, 0.6) is 5.75 Å². The van der Waals surface area contributed by atoms with E-state index in [9.17, 15) is 4.21 Å². The van der Waals surface area contributed by atoms with Crippen LogP contribution >= 0.6 is 0 Å². The predicted octanol–water partition coefficient (Wildman–Crippen LogP) is 3.43. The third-order valence-corrected chi connectivity index (χ3v) is 3.79. The zero-order valence-electron chi connectivity index (χ0n) is 11.8. The van der Waals surface area contributed by atoms with Gasteiger partial charge in [0, 0.05) is 34.2 Å². The van der Waals surface area contributed by atoms with Gasteiger partial charge in [0.05, 0.1) is 6.61 Å². The zero-order valence-corrected chi connectivity index (χ0v) is 12.6. The van der Waals surface area contributed by atoms with Gasteiger partial charge in [-0.3, -0.25) is 4.21 Å². The Morgan fingerprint density at radius 1 is 1.15 bits per heavy atom. The third kappa shape index (κ3) is 4.10. The van der Waals surface area contributed by atoms with Crippen LogP contribution in [0.4, 0.5) is 5.69 Å². The minimum Gasteiger partial charge on any atom is -0.494 e. The molecular formula is C16H19NO2S. The molecular weight excluding hydrogens is 270 g/mol. The molecule has 1 atom stereocenters. The summed E-state index contributed by atoms with van der Waals surface area (Å²) >= 11 is 0. The second kappa shape index (κ2) is 7.10. The molecule has 0 unspecified atom stereocenters. The first-order valence-electron chi connectivity index (χ1n) is 6.58. The van der Waals surface area contributed by atoms with Crippen LogP contribution in [0.1, 0.15) is 12.5 Å². The molecule has 106 valence electrons. The standard InChI is InChI=1S/C16H19NO2S/c1-3-19-15-8-4-6-13(10-15)12-17-14-7-5-9-16(11-14)20(2)18/h4-11,17H,3,12H2,1-2H3/t20-/m1/s1. The van der Waals surface area contributed by atoms with Gasteiger partial charge in [-0.05, 0) is 42.8 Å². The van der Waals surface area contributed by atoms with Crippen LogP contribution in [0.15, 0.2) is 53.4 Å². The summed E-state index contributed by atoms with van der Waals surface area (Å²) in [5, 5.41) is 3.34. The van der Waals surface area contributed by atoms with Gasteiger partial charge in [-0.25, -0.2) is 0 Å². The maximum Gasteiger partial charge on any atom is 0.119 e. The van der Waals surface area contributed by atoms with Gasteiger partial charge in [0.1, 0.15) is 5.75 Å². The summed E-state index contributed by atoms with van der Waals surface area (Å²) in [6.07, 6.45) is 1.69. The molecule has 3 nitrogen and oxygen atoms in total. The monoisotopic (exact) mass is 289 g/mol. The molecule has 0 aliphatic rings. The van der Waals surface area contributed by atoms with E-state index in [1.807, 2.05) is 49.4 Å². The van der Waals surface area contributed by atoms with E-state index in [0.29, 0.717) is 13.2 Å². The van der Waals surface area contributed by atoms with Gasteiger partial charge >= 0.3 is 0 Å². The highest BCUT2D eigenvalue weighted by Crippen LogP contribution is 2.17. The van der Waals surface area contributed by atoms with Crippen molar-refractivity contribution >= 4 is 16.5 Å². The van der Waals surface area contributed by atoms with Crippen LogP contribution in [0, 0.1) is 0 Å². The van der Waals surface area contributed by atoms with Crippen molar-refractivity contribution in [2.24, 2.45) is 0 Å². The number of ether oxygens (including phenoxy) is 1. The fourth-order valence-electron chi connectivity index (χ4n) is 1.90. The summed E-state index contributed by atoms with van der Waals surface area (Å²) in [7, 11) is -0.954. The number of hydrogen-bond acceptors (Lipinski definition) is 3. The van der Waals surface area contributed by atoms with E-state index in [4.69, 9.17) is 4.74 Å². The molecule has 0 heterocycles. The number of hydrogen-bond donors (Lipinski definition) is 1. The molecule has 20 heavy (non-hydrogen) atoms. The quantitative estimate of drug-likeness (QED) is 0.885. The van der Waals surface area contributed by atoms with E-state index in [1.54, 1.807) is 6.26 Å². The number of anilines is 1. The van der Waals surface area contributed by atoms with Crippen molar-refractivity contribution in [1.29, 1.82) is 0 Å². The molecule has 1 N–H and O–H groups in total. The van der Waals surface area contributed by atoms with E-state index >= 15 is 0 Å². The molecule has 0 aliphatic heterocycles. The van der Waals surface area contributed by atoms with E-state index in [1.165, 1.54) is 0 Å². The van der Waals surface area contributed by atoms with Crippen molar-refractivity contribution in [3.05, 3.63) is 54.1 Å². The fraction of sp³-hybridized carbons (Fsp3) is 0.250. The average molecular weight is 289 g/mol. The number of rotatable bonds is 6. The Hall–Kier alpha value is -1.81. The fourth-order valence-corrected chi connectivity index (χ4v) is 2.46. The summed E-state index contributed by atoms with van der Waals surface area (Å²) in [4.78, 5) is 0.832. The lowest BCUT2D eigenvalue weighted by Crippen LogP contribution is -2.01. The van der Waals surface area contributed by atoms with Gasteiger partial charge < -0.3 is 10.1 Å². The SMILES string of the molecule is CCOc1cccc(CNc2cccc([S@@](C)=O)c2)c1. The van der Waals surface area contributed by atoms with Crippen molar-refractivity contribution in [3.63, 3.8) is 0 Å². The minimum atomic E-state index is -0.954. The lowest BCUT2D eigenvalue weighted by atomic mass is 10.2. The molecule has 2 aromatic rings. The van der Waals surface area contributed by atoms with Crippen molar-refractivity contribution in [2.75, 3.05) is 18.2 Å². The molecule has 0 saturated carbocycles. The topological polar surface area (TPSA) is 38.3 Å². The first kappa shape index (κ1) is 14.6. The highest BCUT2D eigenvalue weighted by Gasteiger charge is 2.00. The Bertz CT molecular complexity index is 599. The van der Waals surface area contributed by atoms with Crippen LogP contribution in [-0.2, 0) is 17.3 Å². The highest BCUT2D eigenvalue weighted by atomic mass is 32.2. The summed E-state index contributed by atoms with van der Waals surface area (Å²) in [5.74, 6) is 0.884. The first-order valence-corrected chi connectivity index (χ1v) is 8.14. The second-order valence-corrected chi connectivity index (χ2v) is 5.80. The maximum absolute atomic E-state index is 11.5. The smallest absolute Gasteiger partial charge is 0.119 e. The molecule has 0 aliphatic carbocycles. The van der Waals surface area contributed by atoms with Crippen LogP contribution in [0.3, 0.4) is 0 Å². The Labute approximate surface area is 122 Å². The van der Waals surface area contributed by atoms with E-state index in [0.717, 1.165) is 21.9 Å². The highest BCUT2D eigenvalue weighted by molar-refractivity contribution is 7.84. The van der Waals surface area contributed by atoms with Gasteiger partial charge in [0.2, 0.25) is 0 Å². The molecule has 0 saturated heterocycles. The Balaban J connectivity index is 2.03. The van der Waals surface area contributed by atoms with Gasteiger partial charge in [0.15, 0.2) is 0 Å². The number of nitrogens with one attached hydrogen (secondary N) is 1. The second-order valence-electron chi connectivity index (χ2n) is 4.42. The number of benzene rings is 2. The lowest BCUT2D eigenvalue weighted by Gasteiger charge is -2.09. The van der Waals surface area contributed by atoms with Gasteiger partial charge in [-0.15, -0.1) is 0 Å². The van der Waals surface area contributed by atoms with E-state index in [-0.39, 0.29) is 0 Å². The maximum atomic E-state index is 11.5. The summed E-state index contributed by atoms with van der Waals surface area (Å²) in [6.45, 7) is 3.35. The molecule has 0 amide bonds. The largest absolute Gasteiger partial charge is 0.494 e. The van der Waals surface area contributed by atoms with Crippen LogP contribution < -0.4 is 10.1 Å². The first-order chi connectivity index (χ1) is 9.69. The van der Waals surface area contributed by atoms with Gasteiger partial charge in [0.25, 0.3) is 0 Å². The molecule has 0 radical (unpaired) electrons. The molecule has 2 aromatic carbocycles. The summed E-state index contributed by atoms with van der Waals surface area (Å²) in [5.41, 5.74) is 2.12. The Kier molecular flexibility index (Phi) is 5.18. The normalized spacial score (nSPS) is 11.9. The molecule has 0 bridgehead atoms. The molecule has 0 fully saturated rings. The third-order valence-electron chi connectivity index (χ3n) is 2.87. The van der Waals surface area contributed by atoms with E-state index < -0.39 is 10.8 Å². The van der Waals surface area contributed by atoms with Crippen LogP contribution in [-0.4, -0.2) is 17.1 Å². The minimum absolute atomic E-state index is 0.668. The van der Waals surface area contributed by atoms with Crippen molar-refractivity contribution in [2.45, 2.75) is 18.4 Å². The van der Waals surface area contributed by atoms with Crippen molar-refractivity contribution in [3.8, 4) is 5.75 Å².